The summed E-state index contributed by atoms with van der Waals surface area (Å²) in [7, 11) is 0. The molecule has 0 aliphatic carbocycles. The number of nitrogens with zero attached hydrogens (tertiary/aromatic N) is 4. The van der Waals surface area contributed by atoms with Gasteiger partial charge in [0.05, 0.1) is 31.0 Å². The monoisotopic (exact) mass is 475 g/mol. The smallest absolute Gasteiger partial charge is 0.170 e. The van der Waals surface area contributed by atoms with Crippen molar-refractivity contribution in [3.05, 3.63) is 82.9 Å². The molecule has 1 N–H and O–H groups in total. The number of aryl methyl sites for hydroxylation is 2. The van der Waals surface area contributed by atoms with Gasteiger partial charge in [-0.15, -0.1) is 0 Å². The van der Waals surface area contributed by atoms with E-state index in [-0.39, 0.29) is 12.1 Å². The van der Waals surface area contributed by atoms with E-state index in [0.717, 1.165) is 50.2 Å². The largest absolute Gasteiger partial charge is 0.379 e. The molecule has 2 aliphatic heterocycles. The molecule has 34 heavy (non-hydrogen) atoms. The molecule has 4 heterocycles. The molecule has 5 rings (SSSR count). The van der Waals surface area contributed by atoms with Gasteiger partial charge in [-0.05, 0) is 68.9 Å². The highest BCUT2D eigenvalue weighted by Crippen LogP contribution is 2.41. The number of ether oxygens (including phenoxy) is 1. The van der Waals surface area contributed by atoms with E-state index in [9.17, 15) is 0 Å². The Morgan fingerprint density at radius 3 is 2.50 bits per heavy atom. The molecule has 3 aromatic rings. The fraction of sp³-hybridized carbons (Fsp3) is 0.407. The standard InChI is InChI=1S/C27H33N5OS/c1-19-7-9-22(10-8-19)32-20(2)18-23(21(32)3)26-25(24-6-4-5-11-28-24)29-27(34)31(26)13-12-30-14-16-33-17-15-30/h4-11,18,25-26H,12-17H2,1-3H3,(H,29,34)/t25-,26-/m1/s1. The van der Waals surface area contributed by atoms with Crippen LogP contribution in [0.4, 0.5) is 0 Å². The molecular formula is C27H33N5OS. The molecule has 2 saturated heterocycles. The number of rotatable bonds is 6. The number of aromatic nitrogens is 2. The summed E-state index contributed by atoms with van der Waals surface area (Å²) >= 11 is 5.89. The molecule has 0 spiro atoms. The van der Waals surface area contributed by atoms with Crippen molar-refractivity contribution < 1.29 is 4.74 Å². The van der Waals surface area contributed by atoms with Gasteiger partial charge in [-0.25, -0.2) is 0 Å². The van der Waals surface area contributed by atoms with Crippen LogP contribution < -0.4 is 5.32 Å². The van der Waals surface area contributed by atoms with Gasteiger partial charge in [-0.1, -0.05) is 23.8 Å². The Morgan fingerprint density at radius 2 is 1.79 bits per heavy atom. The topological polar surface area (TPSA) is 45.6 Å². The van der Waals surface area contributed by atoms with Crippen LogP contribution in [-0.4, -0.2) is 63.9 Å². The summed E-state index contributed by atoms with van der Waals surface area (Å²) in [4.78, 5) is 9.53. The Balaban J connectivity index is 1.52. The summed E-state index contributed by atoms with van der Waals surface area (Å²) < 4.78 is 7.89. The maximum absolute atomic E-state index is 5.89. The highest BCUT2D eigenvalue weighted by molar-refractivity contribution is 7.80. The molecule has 7 heteroatoms. The molecule has 0 amide bonds. The second-order valence-corrected chi connectivity index (χ2v) is 9.66. The lowest BCUT2D eigenvalue weighted by Crippen LogP contribution is -2.42. The first-order valence-corrected chi connectivity index (χ1v) is 12.5. The number of benzene rings is 1. The molecule has 2 aliphatic rings. The van der Waals surface area contributed by atoms with Crippen LogP contribution in [0.3, 0.4) is 0 Å². The van der Waals surface area contributed by atoms with Gasteiger partial charge in [-0.2, -0.15) is 0 Å². The fourth-order valence-corrected chi connectivity index (χ4v) is 5.57. The Bertz CT molecular complexity index is 1140. The van der Waals surface area contributed by atoms with Gasteiger partial charge < -0.3 is 19.5 Å². The second kappa shape index (κ2) is 9.86. The molecule has 0 saturated carbocycles. The van der Waals surface area contributed by atoms with Crippen LogP contribution in [0.2, 0.25) is 0 Å². The van der Waals surface area contributed by atoms with E-state index in [1.807, 2.05) is 12.3 Å². The van der Waals surface area contributed by atoms with Crippen molar-refractivity contribution >= 4 is 17.3 Å². The SMILES string of the molecule is Cc1ccc(-n2c(C)cc([C@@H]3[C@@H](c4ccccn4)NC(=S)N3CCN3CCOCC3)c2C)cc1. The predicted molar refractivity (Wildman–Crippen MR) is 139 cm³/mol. The van der Waals surface area contributed by atoms with Crippen molar-refractivity contribution in [1.29, 1.82) is 0 Å². The van der Waals surface area contributed by atoms with E-state index in [4.69, 9.17) is 21.9 Å². The lowest BCUT2D eigenvalue weighted by molar-refractivity contribution is 0.0350. The Labute approximate surface area is 207 Å². The second-order valence-electron chi connectivity index (χ2n) is 9.27. The molecular weight excluding hydrogens is 442 g/mol. The van der Waals surface area contributed by atoms with Gasteiger partial charge in [0.2, 0.25) is 0 Å². The average Bonchev–Trinajstić information content (AvgIpc) is 3.34. The number of hydrogen-bond donors (Lipinski definition) is 1. The zero-order chi connectivity index (χ0) is 23.7. The van der Waals surface area contributed by atoms with Crippen LogP contribution in [0.15, 0.2) is 54.7 Å². The highest BCUT2D eigenvalue weighted by Gasteiger charge is 2.41. The molecule has 2 aromatic heterocycles. The molecule has 2 atom stereocenters. The van der Waals surface area contributed by atoms with Crippen molar-refractivity contribution in [3.63, 3.8) is 0 Å². The van der Waals surface area contributed by atoms with Gasteiger partial charge in [0.25, 0.3) is 0 Å². The van der Waals surface area contributed by atoms with Crippen molar-refractivity contribution in [2.75, 3.05) is 39.4 Å². The molecule has 6 nitrogen and oxygen atoms in total. The van der Waals surface area contributed by atoms with E-state index in [2.05, 4.69) is 82.9 Å². The maximum Gasteiger partial charge on any atom is 0.170 e. The van der Waals surface area contributed by atoms with Crippen molar-refractivity contribution in [2.24, 2.45) is 0 Å². The highest BCUT2D eigenvalue weighted by atomic mass is 32.1. The summed E-state index contributed by atoms with van der Waals surface area (Å²) in [5.74, 6) is 0. The van der Waals surface area contributed by atoms with Crippen LogP contribution in [0, 0.1) is 20.8 Å². The van der Waals surface area contributed by atoms with Crippen molar-refractivity contribution in [1.82, 2.24) is 24.7 Å². The third-order valence-corrected chi connectivity index (χ3v) is 7.39. The van der Waals surface area contributed by atoms with Crippen LogP contribution in [0.25, 0.3) is 5.69 Å². The van der Waals surface area contributed by atoms with Crippen LogP contribution >= 0.6 is 12.2 Å². The van der Waals surface area contributed by atoms with Gasteiger partial charge >= 0.3 is 0 Å². The maximum atomic E-state index is 5.89. The molecule has 1 aromatic carbocycles. The molecule has 0 unspecified atom stereocenters. The van der Waals surface area contributed by atoms with Gasteiger partial charge in [-0.3, -0.25) is 9.88 Å². The summed E-state index contributed by atoms with van der Waals surface area (Å²) in [6.07, 6.45) is 1.86. The van der Waals surface area contributed by atoms with E-state index in [0.29, 0.717) is 0 Å². The summed E-state index contributed by atoms with van der Waals surface area (Å²) in [6.45, 7) is 11.9. The summed E-state index contributed by atoms with van der Waals surface area (Å²) in [5.41, 5.74) is 7.24. The third kappa shape index (κ3) is 4.48. The van der Waals surface area contributed by atoms with E-state index < -0.39 is 0 Å². The zero-order valence-electron chi connectivity index (χ0n) is 20.2. The number of hydrogen-bond acceptors (Lipinski definition) is 4. The number of nitrogens with one attached hydrogen (secondary N) is 1. The van der Waals surface area contributed by atoms with Gasteiger partial charge in [0.15, 0.2) is 5.11 Å². The van der Waals surface area contributed by atoms with E-state index in [1.54, 1.807) is 0 Å². The van der Waals surface area contributed by atoms with Gasteiger partial charge in [0.1, 0.15) is 0 Å². The third-order valence-electron chi connectivity index (χ3n) is 7.04. The molecule has 178 valence electrons. The lowest BCUT2D eigenvalue weighted by Gasteiger charge is -2.32. The Kier molecular flexibility index (Phi) is 6.68. The lowest BCUT2D eigenvalue weighted by atomic mass is 9.96. The minimum absolute atomic E-state index is 0.00496. The minimum atomic E-state index is 0.00496. The predicted octanol–water partition coefficient (Wildman–Crippen LogP) is 4.10. The van der Waals surface area contributed by atoms with Crippen LogP contribution in [0.1, 0.15) is 40.3 Å². The summed E-state index contributed by atoms with van der Waals surface area (Å²) in [5, 5.41) is 4.40. The van der Waals surface area contributed by atoms with Crippen molar-refractivity contribution in [3.8, 4) is 5.69 Å². The molecule has 0 bridgehead atoms. The zero-order valence-corrected chi connectivity index (χ0v) is 21.0. The minimum Gasteiger partial charge on any atom is -0.379 e. The Morgan fingerprint density at radius 1 is 1.03 bits per heavy atom. The van der Waals surface area contributed by atoms with E-state index in [1.165, 1.54) is 28.2 Å². The van der Waals surface area contributed by atoms with E-state index >= 15 is 0 Å². The van der Waals surface area contributed by atoms with Crippen LogP contribution in [0.5, 0.6) is 0 Å². The molecule has 0 radical (unpaired) electrons. The summed E-state index contributed by atoms with van der Waals surface area (Å²) in [6, 6.07) is 17.3. The normalized spacial score (nSPS) is 21.1. The van der Waals surface area contributed by atoms with Crippen molar-refractivity contribution in [2.45, 2.75) is 32.9 Å². The average molecular weight is 476 g/mol. The number of morpholine rings is 1. The molecule has 2 fully saturated rings. The first-order chi connectivity index (χ1) is 16.5. The van der Waals surface area contributed by atoms with Gasteiger partial charge in [0, 0.05) is 49.5 Å². The first kappa shape index (κ1) is 23.0. The van der Waals surface area contributed by atoms with Crippen LogP contribution in [-0.2, 0) is 4.74 Å². The first-order valence-electron chi connectivity index (χ1n) is 12.1. The fourth-order valence-electron chi connectivity index (χ4n) is 5.24. The quantitative estimate of drug-likeness (QED) is 0.542. The number of thiocarbonyl (C=S) groups is 1. The Hall–Kier alpha value is -2.74. The number of pyridine rings is 1.